The number of ether oxygens (including phenoxy) is 1. The first-order valence-corrected chi connectivity index (χ1v) is 6.42. The van der Waals surface area contributed by atoms with Crippen LogP contribution >= 0.6 is 0 Å². The summed E-state index contributed by atoms with van der Waals surface area (Å²) in [5.41, 5.74) is 0. The number of imidazole rings is 1. The van der Waals surface area contributed by atoms with Crippen LogP contribution < -0.4 is 5.32 Å². The molecule has 1 aromatic rings. The first kappa shape index (κ1) is 12.2. The Balaban J connectivity index is 1.45. The minimum atomic E-state index is 0.369. The smallest absolute Gasteiger partial charge is 0.110 e. The van der Waals surface area contributed by atoms with Crippen molar-refractivity contribution in [1.82, 2.24) is 14.9 Å². The summed E-state index contributed by atoms with van der Waals surface area (Å²) in [5, 5.41) is 3.45. The lowest BCUT2D eigenvalue weighted by Gasteiger charge is -2.19. The second-order valence-electron chi connectivity index (χ2n) is 4.42. The minimum Gasteiger partial charge on any atom is -0.497 e. The Kier molecular flexibility index (Phi) is 5.10. The quantitative estimate of drug-likeness (QED) is 0.734. The summed E-state index contributed by atoms with van der Waals surface area (Å²) in [6, 6.07) is 0. The Bertz CT molecular complexity index is 321. The van der Waals surface area contributed by atoms with Gasteiger partial charge in [-0.2, -0.15) is 0 Å². The van der Waals surface area contributed by atoms with Gasteiger partial charge in [-0.1, -0.05) is 0 Å². The summed E-state index contributed by atoms with van der Waals surface area (Å²) in [5.74, 6) is 0. The van der Waals surface area contributed by atoms with Crippen LogP contribution in [0.25, 0.3) is 0 Å². The molecule has 94 valence electrons. The van der Waals surface area contributed by atoms with Crippen molar-refractivity contribution >= 4 is 0 Å². The van der Waals surface area contributed by atoms with Gasteiger partial charge < -0.3 is 14.6 Å². The fraction of sp³-hybridized carbons (Fsp3) is 0.615. The topological polar surface area (TPSA) is 39.1 Å². The number of nitrogens with one attached hydrogen (secondary N) is 1. The van der Waals surface area contributed by atoms with Gasteiger partial charge in [-0.15, -0.1) is 0 Å². The van der Waals surface area contributed by atoms with Gasteiger partial charge in [0, 0.05) is 25.5 Å². The lowest BCUT2D eigenvalue weighted by Crippen LogP contribution is -2.29. The van der Waals surface area contributed by atoms with Crippen molar-refractivity contribution in [1.29, 1.82) is 0 Å². The van der Waals surface area contributed by atoms with Crippen LogP contribution in [0.3, 0.4) is 0 Å². The standard InChI is InChI=1S/C13H21N3O/c1-4-10-17-13(5-1)11-14-6-2-3-8-16-9-7-15-12-16/h4,7,9-10,12-14H,1-3,5-6,8,11H2. The Morgan fingerprint density at radius 3 is 3.18 bits per heavy atom. The van der Waals surface area contributed by atoms with Crippen LogP contribution in [0.4, 0.5) is 0 Å². The molecule has 0 aliphatic carbocycles. The molecular formula is C13H21N3O. The molecule has 0 saturated heterocycles. The Hall–Kier alpha value is -1.29. The maximum atomic E-state index is 5.49. The molecule has 2 heterocycles. The van der Waals surface area contributed by atoms with E-state index < -0.39 is 0 Å². The molecule has 0 fully saturated rings. The molecule has 1 unspecified atom stereocenters. The third-order valence-electron chi connectivity index (χ3n) is 2.97. The van der Waals surface area contributed by atoms with Gasteiger partial charge in [0.15, 0.2) is 0 Å². The van der Waals surface area contributed by atoms with E-state index in [1.807, 2.05) is 25.0 Å². The molecule has 1 atom stereocenters. The number of rotatable bonds is 7. The number of hydrogen-bond donors (Lipinski definition) is 1. The molecular weight excluding hydrogens is 214 g/mol. The minimum absolute atomic E-state index is 0.369. The maximum absolute atomic E-state index is 5.49. The zero-order valence-corrected chi connectivity index (χ0v) is 10.2. The molecule has 1 aliphatic rings. The monoisotopic (exact) mass is 235 g/mol. The Morgan fingerprint density at radius 1 is 1.41 bits per heavy atom. The second-order valence-corrected chi connectivity index (χ2v) is 4.42. The first-order chi connectivity index (χ1) is 8.45. The van der Waals surface area contributed by atoms with Gasteiger partial charge in [0.1, 0.15) is 6.10 Å². The third-order valence-corrected chi connectivity index (χ3v) is 2.97. The van der Waals surface area contributed by atoms with E-state index in [-0.39, 0.29) is 0 Å². The van der Waals surface area contributed by atoms with Gasteiger partial charge in [-0.05, 0) is 38.3 Å². The number of hydrogen-bond acceptors (Lipinski definition) is 3. The van der Waals surface area contributed by atoms with E-state index in [2.05, 4.69) is 20.9 Å². The van der Waals surface area contributed by atoms with Crippen LogP contribution in [0.15, 0.2) is 31.1 Å². The predicted molar refractivity (Wildman–Crippen MR) is 67.6 cm³/mol. The Morgan fingerprint density at radius 2 is 2.41 bits per heavy atom. The van der Waals surface area contributed by atoms with Crippen molar-refractivity contribution < 1.29 is 4.74 Å². The van der Waals surface area contributed by atoms with Crippen molar-refractivity contribution in [3.05, 3.63) is 31.1 Å². The lowest BCUT2D eigenvalue weighted by atomic mass is 10.1. The number of unbranched alkanes of at least 4 members (excludes halogenated alkanes) is 1. The van der Waals surface area contributed by atoms with E-state index in [9.17, 15) is 0 Å². The molecule has 0 amide bonds. The van der Waals surface area contributed by atoms with E-state index in [1.165, 1.54) is 12.8 Å². The molecule has 4 heteroatoms. The van der Waals surface area contributed by atoms with Gasteiger partial charge in [0.05, 0.1) is 12.6 Å². The molecule has 0 spiro atoms. The zero-order chi connectivity index (χ0) is 11.8. The fourth-order valence-electron chi connectivity index (χ4n) is 1.96. The van der Waals surface area contributed by atoms with Gasteiger partial charge in [0.25, 0.3) is 0 Å². The highest BCUT2D eigenvalue weighted by atomic mass is 16.5. The van der Waals surface area contributed by atoms with Gasteiger partial charge >= 0.3 is 0 Å². The molecule has 0 bridgehead atoms. The van der Waals surface area contributed by atoms with E-state index in [4.69, 9.17) is 4.74 Å². The van der Waals surface area contributed by atoms with Crippen molar-refractivity contribution in [2.75, 3.05) is 13.1 Å². The molecule has 0 aromatic carbocycles. The molecule has 4 nitrogen and oxygen atoms in total. The largest absolute Gasteiger partial charge is 0.497 e. The van der Waals surface area contributed by atoms with Crippen molar-refractivity contribution in [2.45, 2.75) is 38.3 Å². The normalized spacial score (nSPS) is 19.2. The number of aromatic nitrogens is 2. The summed E-state index contributed by atoms with van der Waals surface area (Å²) in [4.78, 5) is 4.02. The van der Waals surface area contributed by atoms with Crippen molar-refractivity contribution in [2.24, 2.45) is 0 Å². The first-order valence-electron chi connectivity index (χ1n) is 6.42. The van der Waals surface area contributed by atoms with Gasteiger partial charge in [-0.25, -0.2) is 4.98 Å². The maximum Gasteiger partial charge on any atom is 0.110 e. The van der Waals surface area contributed by atoms with Gasteiger partial charge in [0.2, 0.25) is 0 Å². The highest BCUT2D eigenvalue weighted by molar-refractivity contribution is 4.82. The summed E-state index contributed by atoms with van der Waals surface area (Å²) in [6.45, 7) is 3.10. The number of aryl methyl sites for hydroxylation is 1. The lowest BCUT2D eigenvalue weighted by molar-refractivity contribution is 0.122. The zero-order valence-electron chi connectivity index (χ0n) is 10.2. The molecule has 1 N–H and O–H groups in total. The predicted octanol–water partition coefficient (Wildman–Crippen LogP) is 1.95. The van der Waals surface area contributed by atoms with Crippen LogP contribution in [-0.4, -0.2) is 28.7 Å². The summed E-state index contributed by atoms with van der Waals surface area (Å²) in [6.07, 6.45) is 14.7. The summed E-state index contributed by atoms with van der Waals surface area (Å²) in [7, 11) is 0. The van der Waals surface area contributed by atoms with Crippen LogP contribution in [0.2, 0.25) is 0 Å². The SMILES string of the molecule is C1=COC(CNCCCCn2ccnc2)CC1. The van der Waals surface area contributed by atoms with E-state index in [1.54, 1.807) is 0 Å². The van der Waals surface area contributed by atoms with E-state index in [0.29, 0.717) is 6.10 Å². The van der Waals surface area contributed by atoms with Crippen LogP contribution in [0, 0.1) is 0 Å². The molecule has 1 aliphatic heterocycles. The van der Waals surface area contributed by atoms with Crippen LogP contribution in [-0.2, 0) is 11.3 Å². The van der Waals surface area contributed by atoms with Crippen LogP contribution in [0.5, 0.6) is 0 Å². The second kappa shape index (κ2) is 7.12. The van der Waals surface area contributed by atoms with E-state index in [0.717, 1.165) is 32.5 Å². The molecule has 0 radical (unpaired) electrons. The van der Waals surface area contributed by atoms with Gasteiger partial charge in [-0.3, -0.25) is 0 Å². The summed E-state index contributed by atoms with van der Waals surface area (Å²) < 4.78 is 7.61. The molecule has 1 aromatic heterocycles. The average molecular weight is 235 g/mol. The van der Waals surface area contributed by atoms with Crippen molar-refractivity contribution in [3.63, 3.8) is 0 Å². The summed E-state index contributed by atoms with van der Waals surface area (Å²) >= 11 is 0. The number of allylic oxidation sites excluding steroid dienone is 1. The Labute approximate surface area is 103 Å². The van der Waals surface area contributed by atoms with E-state index >= 15 is 0 Å². The highest BCUT2D eigenvalue weighted by Gasteiger charge is 2.09. The van der Waals surface area contributed by atoms with Crippen LogP contribution in [0.1, 0.15) is 25.7 Å². The molecule has 2 rings (SSSR count). The average Bonchev–Trinajstić information content (AvgIpc) is 2.88. The third kappa shape index (κ3) is 4.61. The molecule has 17 heavy (non-hydrogen) atoms. The number of nitrogens with zero attached hydrogens (tertiary/aromatic N) is 2. The fourth-order valence-corrected chi connectivity index (χ4v) is 1.96. The highest BCUT2D eigenvalue weighted by Crippen LogP contribution is 2.08. The molecule has 0 saturated carbocycles. The van der Waals surface area contributed by atoms with Crippen molar-refractivity contribution in [3.8, 4) is 0 Å².